The van der Waals surface area contributed by atoms with Crippen LogP contribution in [0.25, 0.3) is 5.69 Å². The zero-order chi connectivity index (χ0) is 24.7. The van der Waals surface area contributed by atoms with E-state index in [2.05, 4.69) is 27.8 Å². The largest absolute Gasteiger partial charge is 0.478 e. The van der Waals surface area contributed by atoms with Gasteiger partial charge in [0.2, 0.25) is 0 Å². The summed E-state index contributed by atoms with van der Waals surface area (Å²) in [6.07, 6.45) is 4.94. The summed E-state index contributed by atoms with van der Waals surface area (Å²) in [4.78, 5) is 26.5. The Bertz CT molecular complexity index is 1440. The molecule has 1 aliphatic carbocycles. The monoisotopic (exact) mass is 489 g/mol. The molecule has 2 heterocycles. The maximum atomic E-state index is 13.3. The van der Waals surface area contributed by atoms with Crippen LogP contribution in [0, 0.1) is 6.92 Å². The Morgan fingerprint density at radius 3 is 2.66 bits per heavy atom. The lowest BCUT2D eigenvalue weighted by atomic mass is 9.99. The van der Waals surface area contributed by atoms with E-state index >= 15 is 0 Å². The number of hydrogen-bond acceptors (Lipinski definition) is 4. The Morgan fingerprint density at radius 1 is 1.09 bits per heavy atom. The van der Waals surface area contributed by atoms with Crippen molar-refractivity contribution >= 4 is 34.7 Å². The van der Waals surface area contributed by atoms with Gasteiger partial charge in [-0.05, 0) is 105 Å². The molecule has 35 heavy (non-hydrogen) atoms. The summed E-state index contributed by atoms with van der Waals surface area (Å²) in [6.45, 7) is 4.34. The molecule has 3 N–H and O–H groups in total. The SMILES string of the molecule is CC(=NNC(=S)N1CCCc2cc(C(=O)O)ccc21)c1c(C)[nH]n(-c2ccc3c(c2)CCC3)c1=O. The lowest BCUT2D eigenvalue weighted by Crippen LogP contribution is -2.41. The van der Waals surface area contributed by atoms with Crippen molar-refractivity contribution < 1.29 is 9.90 Å². The number of H-pyrrole nitrogens is 1. The van der Waals surface area contributed by atoms with Gasteiger partial charge in [0.15, 0.2) is 5.11 Å². The van der Waals surface area contributed by atoms with Crippen LogP contribution >= 0.6 is 12.2 Å². The molecule has 8 nitrogen and oxygen atoms in total. The Labute approximate surface area is 208 Å². The lowest BCUT2D eigenvalue weighted by Gasteiger charge is -2.31. The highest BCUT2D eigenvalue weighted by Crippen LogP contribution is 2.28. The number of carbonyl (C=O) groups is 1. The van der Waals surface area contributed by atoms with Gasteiger partial charge in [-0.2, -0.15) is 5.10 Å². The van der Waals surface area contributed by atoms with Gasteiger partial charge in [0.25, 0.3) is 5.56 Å². The highest BCUT2D eigenvalue weighted by atomic mass is 32.1. The van der Waals surface area contributed by atoms with Crippen LogP contribution in [0.5, 0.6) is 0 Å². The average Bonchev–Trinajstić information content (AvgIpc) is 3.44. The third-order valence-electron chi connectivity index (χ3n) is 6.78. The molecule has 1 aliphatic heterocycles. The molecule has 0 fully saturated rings. The van der Waals surface area contributed by atoms with E-state index in [9.17, 15) is 14.7 Å². The van der Waals surface area contributed by atoms with Crippen molar-refractivity contribution in [2.24, 2.45) is 5.10 Å². The fraction of sp³-hybridized carbons (Fsp3) is 0.308. The molecule has 0 radical (unpaired) electrons. The van der Waals surface area contributed by atoms with Crippen molar-refractivity contribution in [3.63, 3.8) is 0 Å². The minimum Gasteiger partial charge on any atom is -0.478 e. The maximum absolute atomic E-state index is 13.3. The number of hydrogen-bond donors (Lipinski definition) is 3. The fourth-order valence-electron chi connectivity index (χ4n) is 5.04. The van der Waals surface area contributed by atoms with Gasteiger partial charge in [0.1, 0.15) is 0 Å². The number of aryl methyl sites for hydroxylation is 4. The number of carboxylic acid groups (broad SMARTS) is 1. The zero-order valence-corrected chi connectivity index (χ0v) is 20.5. The number of thiocarbonyl (C=S) groups is 1. The molecule has 0 amide bonds. The van der Waals surface area contributed by atoms with E-state index in [-0.39, 0.29) is 11.1 Å². The van der Waals surface area contributed by atoms with Gasteiger partial charge in [-0.15, -0.1) is 0 Å². The van der Waals surface area contributed by atoms with E-state index in [1.165, 1.54) is 11.1 Å². The molecule has 0 saturated carbocycles. The van der Waals surface area contributed by atoms with Gasteiger partial charge >= 0.3 is 5.97 Å². The van der Waals surface area contributed by atoms with Crippen molar-refractivity contribution in [2.45, 2.75) is 46.0 Å². The average molecular weight is 490 g/mol. The molecule has 0 spiro atoms. The molecule has 9 heteroatoms. The van der Waals surface area contributed by atoms with E-state index in [0.29, 0.717) is 22.9 Å². The number of aromatic amines is 1. The Kier molecular flexibility index (Phi) is 6.02. The highest BCUT2D eigenvalue weighted by molar-refractivity contribution is 7.80. The first-order valence-corrected chi connectivity index (χ1v) is 12.2. The predicted octanol–water partition coefficient (Wildman–Crippen LogP) is 3.71. The number of aromatic carboxylic acids is 1. The van der Waals surface area contributed by atoms with E-state index in [4.69, 9.17) is 12.2 Å². The van der Waals surface area contributed by atoms with Crippen LogP contribution in [-0.2, 0) is 19.3 Å². The third kappa shape index (κ3) is 4.27. The smallest absolute Gasteiger partial charge is 0.335 e. The van der Waals surface area contributed by atoms with Gasteiger partial charge in [0, 0.05) is 17.9 Å². The molecule has 0 atom stereocenters. The van der Waals surface area contributed by atoms with Crippen LogP contribution in [0.3, 0.4) is 0 Å². The first-order chi connectivity index (χ1) is 16.8. The van der Waals surface area contributed by atoms with Crippen molar-refractivity contribution in [3.8, 4) is 5.69 Å². The molecule has 0 unspecified atom stereocenters. The van der Waals surface area contributed by atoms with Crippen LogP contribution in [-0.4, -0.2) is 38.2 Å². The second kappa shape index (κ2) is 9.14. The molecule has 2 aromatic carbocycles. The second-order valence-corrected chi connectivity index (χ2v) is 9.46. The van der Waals surface area contributed by atoms with Gasteiger partial charge in [-0.3, -0.25) is 15.3 Å². The van der Waals surface area contributed by atoms with E-state index in [1.807, 2.05) is 17.9 Å². The topological polar surface area (TPSA) is 103 Å². The molecule has 180 valence electrons. The van der Waals surface area contributed by atoms with Crippen molar-refractivity contribution in [3.05, 3.63) is 80.3 Å². The predicted molar refractivity (Wildman–Crippen MR) is 140 cm³/mol. The second-order valence-electron chi connectivity index (χ2n) is 9.08. The number of fused-ring (bicyclic) bond motifs is 2. The van der Waals surface area contributed by atoms with Crippen molar-refractivity contribution in [1.82, 2.24) is 15.2 Å². The summed E-state index contributed by atoms with van der Waals surface area (Å²) < 4.78 is 1.57. The Hall–Kier alpha value is -3.72. The van der Waals surface area contributed by atoms with Crippen LogP contribution in [0.4, 0.5) is 5.69 Å². The number of nitrogens with zero attached hydrogens (tertiary/aromatic N) is 3. The highest BCUT2D eigenvalue weighted by Gasteiger charge is 2.22. The third-order valence-corrected chi connectivity index (χ3v) is 7.09. The number of carboxylic acids is 1. The van der Waals surface area contributed by atoms with Gasteiger partial charge < -0.3 is 10.0 Å². The molecular formula is C26H27N5O3S. The minimum atomic E-state index is -0.946. The standard InChI is InChI=1S/C26H27N5O3S/c1-15(23-16(2)29-31(24(23)32)21-10-8-17-5-3-6-18(17)14-21)27-28-26(35)30-12-4-7-19-13-20(25(33)34)9-11-22(19)30/h8-11,13-14,29H,3-7,12H2,1-2H3,(H,28,35)(H,33,34). The Balaban J connectivity index is 1.37. The van der Waals surface area contributed by atoms with E-state index in [1.54, 1.807) is 29.8 Å². The van der Waals surface area contributed by atoms with Crippen molar-refractivity contribution in [1.29, 1.82) is 0 Å². The minimum absolute atomic E-state index is 0.154. The van der Waals surface area contributed by atoms with Crippen LogP contribution < -0.4 is 15.9 Å². The van der Waals surface area contributed by atoms with Gasteiger partial charge in [-0.25, -0.2) is 9.48 Å². The summed E-state index contributed by atoms with van der Waals surface area (Å²) in [7, 11) is 0. The normalized spacial score (nSPS) is 15.0. The summed E-state index contributed by atoms with van der Waals surface area (Å²) >= 11 is 5.60. The first kappa shape index (κ1) is 23.0. The molecule has 3 aromatic rings. The number of anilines is 1. The number of benzene rings is 2. The summed E-state index contributed by atoms with van der Waals surface area (Å²) in [5, 5.41) is 17.3. The number of nitrogens with one attached hydrogen (secondary N) is 2. The summed E-state index contributed by atoms with van der Waals surface area (Å²) in [5.41, 5.74) is 10.1. The fourth-order valence-corrected chi connectivity index (χ4v) is 5.28. The molecular weight excluding hydrogens is 462 g/mol. The van der Waals surface area contributed by atoms with Gasteiger partial charge in [0.05, 0.1) is 22.5 Å². The molecule has 5 rings (SSSR count). The number of aromatic nitrogens is 2. The quantitative estimate of drug-likeness (QED) is 0.293. The number of hydrazone groups is 1. The van der Waals surface area contributed by atoms with Crippen LogP contribution in [0.1, 0.15) is 58.1 Å². The van der Waals surface area contributed by atoms with Crippen molar-refractivity contribution in [2.75, 3.05) is 11.4 Å². The van der Waals surface area contributed by atoms with Gasteiger partial charge in [-0.1, -0.05) is 6.07 Å². The maximum Gasteiger partial charge on any atom is 0.335 e. The number of rotatable bonds is 4. The summed E-state index contributed by atoms with van der Waals surface area (Å²) in [6, 6.07) is 11.2. The van der Waals surface area contributed by atoms with Crippen LogP contribution in [0.15, 0.2) is 46.3 Å². The molecule has 1 aromatic heterocycles. The Morgan fingerprint density at radius 2 is 1.86 bits per heavy atom. The van der Waals surface area contributed by atoms with E-state index in [0.717, 1.165) is 54.7 Å². The molecule has 2 aliphatic rings. The lowest BCUT2D eigenvalue weighted by molar-refractivity contribution is 0.0696. The van der Waals surface area contributed by atoms with E-state index < -0.39 is 5.97 Å². The zero-order valence-electron chi connectivity index (χ0n) is 19.7. The summed E-state index contributed by atoms with van der Waals surface area (Å²) in [5.74, 6) is -0.946. The molecule has 0 saturated heterocycles. The van der Waals surface area contributed by atoms with Crippen LogP contribution in [0.2, 0.25) is 0 Å². The molecule has 0 bridgehead atoms. The first-order valence-electron chi connectivity index (χ1n) is 11.8.